The van der Waals surface area contributed by atoms with Crippen LogP contribution in [-0.4, -0.2) is 0 Å². The fourth-order valence-electron chi connectivity index (χ4n) is 1.47. The largest absolute Gasteiger partial charge is 0.350 e. The summed E-state index contributed by atoms with van der Waals surface area (Å²) in [6.45, 7) is 0. The highest BCUT2D eigenvalue weighted by molar-refractivity contribution is 9.10. The molecule has 0 fully saturated rings. The normalized spacial score (nSPS) is 9.89. The van der Waals surface area contributed by atoms with Gasteiger partial charge in [-0.25, -0.2) is 8.78 Å². The molecule has 0 bridgehead atoms. The molecule has 0 unspecified atom stereocenters. The van der Waals surface area contributed by atoms with Crippen LogP contribution < -0.4 is 5.32 Å². The van der Waals surface area contributed by atoms with Gasteiger partial charge in [-0.15, -0.1) is 0 Å². The van der Waals surface area contributed by atoms with Gasteiger partial charge in [0.15, 0.2) is 0 Å². The summed E-state index contributed by atoms with van der Waals surface area (Å²) in [7, 11) is 0. The molecule has 2 rings (SSSR count). The zero-order valence-corrected chi connectivity index (χ0v) is 10.6. The number of nitrogens with one attached hydrogen (secondary N) is 1. The molecule has 0 aliphatic rings. The molecule has 0 aliphatic heterocycles. The lowest BCUT2D eigenvalue weighted by molar-refractivity contribution is 0.591. The smallest absolute Gasteiger partial charge is 0.149 e. The van der Waals surface area contributed by atoms with Crippen LogP contribution in [-0.2, 0) is 0 Å². The monoisotopic (exact) mass is 308 g/mol. The van der Waals surface area contributed by atoms with Crippen LogP contribution in [0.5, 0.6) is 0 Å². The van der Waals surface area contributed by atoms with Crippen molar-refractivity contribution in [1.82, 2.24) is 0 Å². The maximum Gasteiger partial charge on any atom is 0.149 e. The Bertz CT molecular complexity index is 615. The molecular formula is C13H7BrF2N2. The first-order valence-electron chi connectivity index (χ1n) is 5.02. The first-order valence-corrected chi connectivity index (χ1v) is 5.82. The maximum atomic E-state index is 13.5. The molecule has 1 N–H and O–H groups in total. The molecule has 0 aliphatic carbocycles. The number of anilines is 2. The highest BCUT2D eigenvalue weighted by atomic mass is 79.9. The Morgan fingerprint density at radius 3 is 2.39 bits per heavy atom. The first kappa shape index (κ1) is 12.5. The van der Waals surface area contributed by atoms with Crippen molar-refractivity contribution in [3.05, 3.63) is 58.1 Å². The SMILES string of the molecule is N#Cc1cc(Br)ccc1Nc1c(F)cccc1F. The van der Waals surface area contributed by atoms with Gasteiger partial charge in [0.1, 0.15) is 23.4 Å². The molecule has 2 aromatic rings. The summed E-state index contributed by atoms with van der Waals surface area (Å²) >= 11 is 3.22. The summed E-state index contributed by atoms with van der Waals surface area (Å²) in [6.07, 6.45) is 0. The highest BCUT2D eigenvalue weighted by Crippen LogP contribution is 2.27. The van der Waals surface area contributed by atoms with E-state index in [0.29, 0.717) is 11.3 Å². The second-order valence-electron chi connectivity index (χ2n) is 3.52. The average Bonchev–Trinajstić information content (AvgIpc) is 2.35. The molecule has 90 valence electrons. The summed E-state index contributed by atoms with van der Waals surface area (Å²) in [5.41, 5.74) is 0.382. The van der Waals surface area contributed by atoms with Crippen LogP contribution in [0, 0.1) is 23.0 Å². The lowest BCUT2D eigenvalue weighted by Gasteiger charge is -2.10. The fourth-order valence-corrected chi connectivity index (χ4v) is 1.83. The van der Waals surface area contributed by atoms with Crippen LogP contribution in [0.4, 0.5) is 20.2 Å². The summed E-state index contributed by atoms with van der Waals surface area (Å²) in [5.74, 6) is -1.41. The van der Waals surface area contributed by atoms with Crippen molar-refractivity contribution in [3.63, 3.8) is 0 Å². The number of hydrogen-bond acceptors (Lipinski definition) is 2. The molecule has 0 aromatic heterocycles. The Labute approximate surface area is 111 Å². The van der Waals surface area contributed by atoms with Crippen molar-refractivity contribution in [2.75, 3.05) is 5.32 Å². The van der Waals surface area contributed by atoms with Crippen LogP contribution >= 0.6 is 15.9 Å². The molecule has 2 aromatic carbocycles. The van der Waals surface area contributed by atoms with Gasteiger partial charge in [-0.1, -0.05) is 22.0 Å². The average molecular weight is 309 g/mol. The van der Waals surface area contributed by atoms with Gasteiger partial charge in [-0.2, -0.15) is 5.26 Å². The predicted octanol–water partition coefficient (Wildman–Crippen LogP) is 4.34. The van der Waals surface area contributed by atoms with Gasteiger partial charge < -0.3 is 5.32 Å². The van der Waals surface area contributed by atoms with E-state index in [1.807, 2.05) is 6.07 Å². The number of halogens is 3. The van der Waals surface area contributed by atoms with Gasteiger partial charge in [-0.05, 0) is 30.3 Å². The number of nitrogens with zero attached hydrogens (tertiary/aromatic N) is 1. The van der Waals surface area contributed by atoms with E-state index in [1.54, 1.807) is 18.2 Å². The number of hydrogen-bond donors (Lipinski definition) is 1. The Hall–Kier alpha value is -1.93. The van der Waals surface area contributed by atoms with Crippen LogP contribution in [0.2, 0.25) is 0 Å². The Balaban J connectivity index is 2.44. The van der Waals surface area contributed by atoms with Crippen molar-refractivity contribution in [2.45, 2.75) is 0 Å². The standard InChI is InChI=1S/C13H7BrF2N2/c14-9-4-5-12(8(6-9)7-17)18-13-10(15)2-1-3-11(13)16/h1-6,18H. The molecule has 0 spiro atoms. The van der Waals surface area contributed by atoms with Crippen molar-refractivity contribution in [3.8, 4) is 6.07 Å². The van der Waals surface area contributed by atoms with Crippen LogP contribution in [0.25, 0.3) is 0 Å². The van der Waals surface area contributed by atoms with Gasteiger partial charge in [0.05, 0.1) is 11.3 Å². The molecule has 0 radical (unpaired) electrons. The molecule has 5 heteroatoms. The van der Waals surface area contributed by atoms with Crippen molar-refractivity contribution >= 4 is 27.3 Å². The minimum atomic E-state index is -0.707. The predicted molar refractivity (Wildman–Crippen MR) is 68.5 cm³/mol. The van der Waals surface area contributed by atoms with Gasteiger partial charge >= 0.3 is 0 Å². The molecule has 0 saturated heterocycles. The van der Waals surface area contributed by atoms with E-state index in [9.17, 15) is 8.78 Å². The van der Waals surface area contributed by atoms with Crippen molar-refractivity contribution in [1.29, 1.82) is 5.26 Å². The third kappa shape index (κ3) is 2.49. The van der Waals surface area contributed by atoms with Crippen LogP contribution in [0.3, 0.4) is 0 Å². The summed E-state index contributed by atoms with van der Waals surface area (Å²) in [4.78, 5) is 0. The summed E-state index contributed by atoms with van der Waals surface area (Å²) in [6, 6.07) is 10.4. The highest BCUT2D eigenvalue weighted by Gasteiger charge is 2.10. The first-order chi connectivity index (χ1) is 8.61. The zero-order valence-electron chi connectivity index (χ0n) is 9.05. The molecule has 0 amide bonds. The van der Waals surface area contributed by atoms with E-state index in [-0.39, 0.29) is 5.69 Å². The molecule has 0 heterocycles. The Morgan fingerprint density at radius 1 is 1.11 bits per heavy atom. The number of benzene rings is 2. The minimum Gasteiger partial charge on any atom is -0.350 e. The van der Waals surface area contributed by atoms with Gasteiger partial charge in [0, 0.05) is 4.47 Å². The third-order valence-electron chi connectivity index (χ3n) is 2.32. The summed E-state index contributed by atoms with van der Waals surface area (Å²) in [5, 5.41) is 11.6. The minimum absolute atomic E-state index is 0.267. The molecular weight excluding hydrogens is 302 g/mol. The second kappa shape index (κ2) is 5.15. The lowest BCUT2D eigenvalue weighted by Crippen LogP contribution is -1.99. The molecule has 18 heavy (non-hydrogen) atoms. The maximum absolute atomic E-state index is 13.5. The van der Waals surface area contributed by atoms with E-state index < -0.39 is 11.6 Å². The zero-order chi connectivity index (χ0) is 13.1. The third-order valence-corrected chi connectivity index (χ3v) is 2.82. The molecule has 2 nitrogen and oxygen atoms in total. The van der Waals surface area contributed by atoms with E-state index in [2.05, 4.69) is 21.2 Å². The number of nitriles is 1. The Kier molecular flexibility index (Phi) is 3.58. The van der Waals surface area contributed by atoms with E-state index in [4.69, 9.17) is 5.26 Å². The van der Waals surface area contributed by atoms with Gasteiger partial charge in [-0.3, -0.25) is 0 Å². The van der Waals surface area contributed by atoms with Crippen LogP contribution in [0.15, 0.2) is 40.9 Å². The Morgan fingerprint density at radius 2 is 1.78 bits per heavy atom. The number of para-hydroxylation sites is 1. The number of rotatable bonds is 2. The quantitative estimate of drug-likeness (QED) is 0.895. The van der Waals surface area contributed by atoms with Gasteiger partial charge in [0.25, 0.3) is 0 Å². The van der Waals surface area contributed by atoms with E-state index in [1.165, 1.54) is 6.07 Å². The molecule has 0 saturated carbocycles. The topological polar surface area (TPSA) is 35.8 Å². The van der Waals surface area contributed by atoms with E-state index >= 15 is 0 Å². The second-order valence-corrected chi connectivity index (χ2v) is 4.44. The van der Waals surface area contributed by atoms with Crippen molar-refractivity contribution < 1.29 is 8.78 Å². The fraction of sp³-hybridized carbons (Fsp3) is 0. The lowest BCUT2D eigenvalue weighted by atomic mass is 10.2. The van der Waals surface area contributed by atoms with Crippen LogP contribution in [0.1, 0.15) is 5.56 Å². The van der Waals surface area contributed by atoms with E-state index in [0.717, 1.165) is 16.6 Å². The van der Waals surface area contributed by atoms with Gasteiger partial charge in [0.2, 0.25) is 0 Å². The molecule has 0 atom stereocenters. The van der Waals surface area contributed by atoms with Crippen molar-refractivity contribution in [2.24, 2.45) is 0 Å². The summed E-state index contributed by atoms with van der Waals surface area (Å²) < 4.78 is 27.6.